The molecule has 0 amide bonds. The lowest BCUT2D eigenvalue weighted by Gasteiger charge is -2.01. The second kappa shape index (κ2) is 3.20. The fraction of sp³-hybridized carbons (Fsp3) is 0.375. The quantitative estimate of drug-likeness (QED) is 0.362. The number of carbonyl (C=O) groups is 1. The number of allylic oxidation sites excluding steroid dienone is 3. The molecule has 0 aliphatic carbocycles. The van der Waals surface area contributed by atoms with Crippen molar-refractivity contribution in [3.05, 3.63) is 23.5 Å². The van der Waals surface area contributed by atoms with E-state index in [-0.39, 0.29) is 11.5 Å². The van der Waals surface area contributed by atoms with E-state index in [2.05, 4.69) is 6.58 Å². The molecule has 0 spiro atoms. The number of aliphatic hydroxyl groups excluding tert-OH is 1. The lowest BCUT2D eigenvalue weighted by Crippen LogP contribution is -2.00. The van der Waals surface area contributed by atoms with Gasteiger partial charge in [0.25, 0.3) is 0 Å². The Morgan fingerprint density at radius 2 is 1.70 bits per heavy atom. The summed E-state index contributed by atoms with van der Waals surface area (Å²) in [5.41, 5.74) is 0.938. The van der Waals surface area contributed by atoms with Crippen molar-refractivity contribution in [2.75, 3.05) is 0 Å². The second-order valence-electron chi connectivity index (χ2n) is 2.30. The molecular weight excluding hydrogens is 128 g/mol. The Balaban J connectivity index is 4.79. The molecule has 56 valence electrons. The lowest BCUT2D eigenvalue weighted by atomic mass is 10.1. The van der Waals surface area contributed by atoms with E-state index in [1.54, 1.807) is 6.92 Å². The molecule has 0 unspecified atom stereocenters. The zero-order chi connectivity index (χ0) is 8.31. The summed E-state index contributed by atoms with van der Waals surface area (Å²) in [6.07, 6.45) is 0. The van der Waals surface area contributed by atoms with E-state index in [4.69, 9.17) is 5.11 Å². The molecule has 0 aliphatic heterocycles. The molecule has 0 rings (SSSR count). The fourth-order valence-electron chi connectivity index (χ4n) is 0.864. The average molecular weight is 140 g/mol. The Hall–Kier alpha value is -1.05. The third-order valence-corrected chi connectivity index (χ3v) is 1.14. The maximum Gasteiger partial charge on any atom is 0.163 e. The fourth-order valence-corrected chi connectivity index (χ4v) is 0.864. The van der Waals surface area contributed by atoms with Crippen molar-refractivity contribution in [2.45, 2.75) is 20.8 Å². The number of hydrogen-bond donors (Lipinski definition) is 1. The molecule has 0 saturated carbocycles. The van der Waals surface area contributed by atoms with Crippen LogP contribution in [0.15, 0.2) is 23.5 Å². The summed E-state index contributed by atoms with van der Waals surface area (Å²) < 4.78 is 0. The number of aliphatic hydroxyl groups is 1. The van der Waals surface area contributed by atoms with E-state index >= 15 is 0 Å². The van der Waals surface area contributed by atoms with Crippen LogP contribution in [-0.4, -0.2) is 10.9 Å². The minimum Gasteiger partial charge on any atom is -0.512 e. The van der Waals surface area contributed by atoms with Gasteiger partial charge in [0.1, 0.15) is 5.76 Å². The molecule has 2 nitrogen and oxygen atoms in total. The monoisotopic (exact) mass is 140 g/mol. The lowest BCUT2D eigenvalue weighted by molar-refractivity contribution is -0.113. The predicted octanol–water partition coefficient (Wildman–Crippen LogP) is 1.98. The molecule has 1 N–H and O–H groups in total. The van der Waals surface area contributed by atoms with E-state index in [1.165, 1.54) is 13.8 Å². The molecule has 0 aromatic heterocycles. The molecule has 0 atom stereocenters. The third kappa shape index (κ3) is 2.05. The standard InChI is InChI=1S/C8H12O2/c1-5(2)8(6(3)9)7(4)10/h9H,1H2,2-4H3. The maximum atomic E-state index is 10.7. The van der Waals surface area contributed by atoms with Crippen molar-refractivity contribution < 1.29 is 9.90 Å². The van der Waals surface area contributed by atoms with E-state index in [0.717, 1.165) is 0 Å². The molecule has 0 radical (unpaired) electrons. The van der Waals surface area contributed by atoms with Gasteiger partial charge >= 0.3 is 0 Å². The van der Waals surface area contributed by atoms with Gasteiger partial charge in [0.15, 0.2) is 5.78 Å². The molecule has 0 aromatic carbocycles. The molecule has 0 aliphatic rings. The summed E-state index contributed by atoms with van der Waals surface area (Å²) in [6.45, 7) is 8.13. The minimum absolute atomic E-state index is 0.0417. The smallest absolute Gasteiger partial charge is 0.163 e. The van der Waals surface area contributed by atoms with E-state index < -0.39 is 0 Å². The summed E-state index contributed by atoms with van der Waals surface area (Å²) in [6, 6.07) is 0. The summed E-state index contributed by atoms with van der Waals surface area (Å²) in [5.74, 6) is -0.104. The van der Waals surface area contributed by atoms with E-state index in [0.29, 0.717) is 11.1 Å². The number of rotatable bonds is 2. The largest absolute Gasteiger partial charge is 0.512 e. The molecule has 2 heteroatoms. The van der Waals surface area contributed by atoms with Crippen LogP contribution >= 0.6 is 0 Å². The Morgan fingerprint density at radius 3 is 1.70 bits per heavy atom. The van der Waals surface area contributed by atoms with Gasteiger partial charge in [-0.25, -0.2) is 0 Å². The first-order valence-corrected chi connectivity index (χ1v) is 3.03. The highest BCUT2D eigenvalue weighted by Gasteiger charge is 2.07. The minimum atomic E-state index is -0.146. The van der Waals surface area contributed by atoms with Gasteiger partial charge < -0.3 is 5.11 Å². The van der Waals surface area contributed by atoms with Crippen LogP contribution in [0.25, 0.3) is 0 Å². The number of carbonyl (C=O) groups excluding carboxylic acids is 1. The van der Waals surface area contributed by atoms with Gasteiger partial charge in [-0.2, -0.15) is 0 Å². The molecule has 10 heavy (non-hydrogen) atoms. The number of ketones is 1. The van der Waals surface area contributed by atoms with Gasteiger partial charge in [0.05, 0.1) is 5.57 Å². The normalized spacial score (nSPS) is 12.3. The Bertz CT molecular complexity index is 179. The Morgan fingerprint density at radius 1 is 1.30 bits per heavy atom. The summed E-state index contributed by atoms with van der Waals surface area (Å²) >= 11 is 0. The molecule has 0 aromatic rings. The van der Waals surface area contributed by atoms with Crippen LogP contribution in [0.2, 0.25) is 0 Å². The van der Waals surface area contributed by atoms with Gasteiger partial charge in [-0.3, -0.25) is 4.79 Å². The van der Waals surface area contributed by atoms with Crippen molar-refractivity contribution in [1.29, 1.82) is 0 Å². The Labute approximate surface area is 60.9 Å². The van der Waals surface area contributed by atoms with Gasteiger partial charge in [-0.15, -0.1) is 0 Å². The molecule has 0 saturated heterocycles. The third-order valence-electron chi connectivity index (χ3n) is 1.14. The summed E-state index contributed by atoms with van der Waals surface area (Å²) in [5, 5.41) is 8.95. The van der Waals surface area contributed by atoms with E-state index in [1.807, 2.05) is 0 Å². The van der Waals surface area contributed by atoms with Crippen LogP contribution in [-0.2, 0) is 4.79 Å². The highest BCUT2D eigenvalue weighted by Crippen LogP contribution is 2.11. The zero-order valence-corrected chi connectivity index (χ0v) is 6.56. The van der Waals surface area contributed by atoms with Crippen LogP contribution in [0.3, 0.4) is 0 Å². The van der Waals surface area contributed by atoms with Crippen LogP contribution in [0, 0.1) is 0 Å². The first kappa shape index (κ1) is 8.95. The van der Waals surface area contributed by atoms with Gasteiger partial charge in [-0.05, 0) is 26.3 Å². The van der Waals surface area contributed by atoms with Crippen molar-refractivity contribution >= 4 is 5.78 Å². The number of hydrogen-bond acceptors (Lipinski definition) is 2. The van der Waals surface area contributed by atoms with Crippen molar-refractivity contribution in [3.8, 4) is 0 Å². The van der Waals surface area contributed by atoms with Crippen molar-refractivity contribution in [2.24, 2.45) is 0 Å². The average Bonchev–Trinajstić information content (AvgIpc) is 1.59. The number of Topliss-reactive ketones (excluding diaryl/α,β-unsaturated/α-hetero) is 1. The maximum absolute atomic E-state index is 10.7. The molecule has 0 bridgehead atoms. The first-order valence-electron chi connectivity index (χ1n) is 3.03. The molecular formula is C8H12O2. The van der Waals surface area contributed by atoms with Crippen LogP contribution in [0.5, 0.6) is 0 Å². The highest BCUT2D eigenvalue weighted by atomic mass is 16.3. The predicted molar refractivity (Wildman–Crippen MR) is 40.8 cm³/mol. The SMILES string of the molecule is C=C(C)C(C(C)=O)=C(C)O. The molecule has 0 fully saturated rings. The topological polar surface area (TPSA) is 37.3 Å². The van der Waals surface area contributed by atoms with Crippen LogP contribution < -0.4 is 0 Å². The zero-order valence-electron chi connectivity index (χ0n) is 6.56. The van der Waals surface area contributed by atoms with Gasteiger partial charge in [-0.1, -0.05) is 6.58 Å². The van der Waals surface area contributed by atoms with Crippen LogP contribution in [0.4, 0.5) is 0 Å². The summed E-state index contributed by atoms with van der Waals surface area (Å²) in [7, 11) is 0. The van der Waals surface area contributed by atoms with Crippen LogP contribution in [0.1, 0.15) is 20.8 Å². The van der Waals surface area contributed by atoms with Gasteiger partial charge in [0.2, 0.25) is 0 Å². The van der Waals surface area contributed by atoms with Crippen molar-refractivity contribution in [1.82, 2.24) is 0 Å². The second-order valence-corrected chi connectivity index (χ2v) is 2.30. The van der Waals surface area contributed by atoms with Gasteiger partial charge in [0, 0.05) is 0 Å². The Kier molecular flexibility index (Phi) is 2.87. The highest BCUT2D eigenvalue weighted by molar-refractivity contribution is 5.97. The summed E-state index contributed by atoms with van der Waals surface area (Å²) in [4.78, 5) is 10.7. The van der Waals surface area contributed by atoms with Crippen molar-refractivity contribution in [3.63, 3.8) is 0 Å². The first-order chi connectivity index (χ1) is 4.46. The van der Waals surface area contributed by atoms with E-state index in [9.17, 15) is 4.79 Å². The molecule has 0 heterocycles.